The van der Waals surface area contributed by atoms with Gasteiger partial charge >= 0.3 is 0 Å². The van der Waals surface area contributed by atoms with E-state index in [0.29, 0.717) is 6.42 Å². The van der Waals surface area contributed by atoms with E-state index in [1.54, 1.807) is 0 Å². The number of pyridine rings is 2. The van der Waals surface area contributed by atoms with Crippen LogP contribution in [-0.4, -0.2) is 29.1 Å². The van der Waals surface area contributed by atoms with Gasteiger partial charge in [0, 0.05) is 57.2 Å². The maximum absolute atomic E-state index is 6.66. The predicted octanol–water partition coefficient (Wildman–Crippen LogP) is 14.9. The van der Waals surface area contributed by atoms with Crippen LogP contribution in [0.2, 0.25) is 0 Å². The van der Waals surface area contributed by atoms with Crippen LogP contribution >= 0.6 is 0 Å². The van der Waals surface area contributed by atoms with E-state index < -0.39 is 0 Å². The molecule has 66 heavy (non-hydrogen) atoms. The molecule has 322 valence electrons. The first-order valence-corrected chi connectivity index (χ1v) is 22.8. The van der Waals surface area contributed by atoms with Crippen molar-refractivity contribution >= 4 is 43.6 Å². The molecule has 6 aromatic carbocycles. The van der Waals surface area contributed by atoms with Gasteiger partial charge in [0.05, 0.1) is 44.8 Å². The number of rotatable bonds is 12. The number of hydrogen-bond donors (Lipinski definition) is 0. The minimum absolute atomic E-state index is 0.711. The number of benzene rings is 6. The SMILES string of the molecule is CCCCc1nc(-c2cccc(Oc3ccc4c5ccccc5n(-c5cc(C)ccn5)c4c3)c2)c(CC)nc1-c1cccc(Oc2ccc3c4ccccc4n(-c4cc(C)ccn4)c3c2)c1. The first-order valence-electron chi connectivity index (χ1n) is 22.8. The number of fused-ring (bicyclic) bond motifs is 6. The zero-order valence-corrected chi connectivity index (χ0v) is 37.5. The molecule has 0 fully saturated rings. The van der Waals surface area contributed by atoms with Gasteiger partial charge in [0.15, 0.2) is 0 Å². The van der Waals surface area contributed by atoms with Crippen LogP contribution in [0.5, 0.6) is 23.0 Å². The summed E-state index contributed by atoms with van der Waals surface area (Å²) in [5.41, 5.74) is 12.2. The summed E-state index contributed by atoms with van der Waals surface area (Å²) in [4.78, 5) is 20.3. The Morgan fingerprint density at radius 2 is 0.909 bits per heavy atom. The fourth-order valence-electron chi connectivity index (χ4n) is 9.22. The Hall–Kier alpha value is -8.10. The summed E-state index contributed by atoms with van der Waals surface area (Å²) in [5.74, 6) is 4.69. The van der Waals surface area contributed by atoms with Crippen molar-refractivity contribution in [2.75, 3.05) is 0 Å². The number of hydrogen-bond acceptors (Lipinski definition) is 6. The Labute approximate surface area is 383 Å². The maximum Gasteiger partial charge on any atom is 0.137 e. The number of para-hydroxylation sites is 2. The Morgan fingerprint density at radius 3 is 1.41 bits per heavy atom. The third-order valence-corrected chi connectivity index (χ3v) is 12.4. The van der Waals surface area contributed by atoms with Crippen molar-refractivity contribution in [3.05, 3.63) is 193 Å². The summed E-state index contributed by atoms with van der Waals surface area (Å²) in [6.45, 7) is 8.54. The van der Waals surface area contributed by atoms with E-state index in [9.17, 15) is 0 Å². The molecule has 0 saturated heterocycles. The lowest BCUT2D eigenvalue weighted by molar-refractivity contribution is 0.483. The van der Waals surface area contributed by atoms with Crippen molar-refractivity contribution in [2.45, 2.75) is 53.4 Å². The van der Waals surface area contributed by atoms with Gasteiger partial charge in [-0.1, -0.05) is 80.9 Å². The van der Waals surface area contributed by atoms with E-state index in [-0.39, 0.29) is 0 Å². The summed E-state index contributed by atoms with van der Waals surface area (Å²) >= 11 is 0. The third kappa shape index (κ3) is 7.50. The maximum atomic E-state index is 6.66. The summed E-state index contributed by atoms with van der Waals surface area (Å²) < 4.78 is 17.8. The van der Waals surface area contributed by atoms with Crippen molar-refractivity contribution in [3.63, 3.8) is 0 Å². The molecule has 0 N–H and O–H groups in total. The first kappa shape index (κ1) is 40.7. The molecule has 0 bridgehead atoms. The molecule has 5 aromatic heterocycles. The second-order valence-corrected chi connectivity index (χ2v) is 17.0. The van der Waals surface area contributed by atoms with Crippen LogP contribution in [0.3, 0.4) is 0 Å². The largest absolute Gasteiger partial charge is 0.457 e. The number of ether oxygens (including phenoxy) is 2. The molecule has 11 rings (SSSR count). The minimum Gasteiger partial charge on any atom is -0.457 e. The first-order chi connectivity index (χ1) is 32.4. The van der Waals surface area contributed by atoms with Crippen LogP contribution in [0.1, 0.15) is 49.2 Å². The van der Waals surface area contributed by atoms with Gasteiger partial charge in [0.2, 0.25) is 0 Å². The molecule has 0 aliphatic rings. The van der Waals surface area contributed by atoms with E-state index in [0.717, 1.165) is 132 Å². The highest BCUT2D eigenvalue weighted by molar-refractivity contribution is 6.10. The van der Waals surface area contributed by atoms with E-state index in [2.05, 4.69) is 146 Å². The molecule has 5 heterocycles. The molecule has 11 aromatic rings. The van der Waals surface area contributed by atoms with Crippen molar-refractivity contribution in [2.24, 2.45) is 0 Å². The van der Waals surface area contributed by atoms with E-state index in [1.807, 2.05) is 60.9 Å². The van der Waals surface area contributed by atoms with Crippen LogP contribution in [0, 0.1) is 13.8 Å². The number of aromatic nitrogens is 6. The van der Waals surface area contributed by atoms with Crippen LogP contribution in [0.25, 0.3) is 77.8 Å². The topological polar surface area (TPSA) is 79.9 Å². The van der Waals surface area contributed by atoms with Crippen molar-refractivity contribution in [3.8, 4) is 57.1 Å². The lowest BCUT2D eigenvalue weighted by Gasteiger charge is -2.16. The number of nitrogens with zero attached hydrogens (tertiary/aromatic N) is 6. The third-order valence-electron chi connectivity index (χ3n) is 12.4. The molecule has 0 saturated carbocycles. The van der Waals surface area contributed by atoms with E-state index in [1.165, 1.54) is 10.8 Å². The lowest BCUT2D eigenvalue weighted by Crippen LogP contribution is -2.05. The minimum atomic E-state index is 0.711. The molecule has 8 nitrogen and oxygen atoms in total. The zero-order valence-electron chi connectivity index (χ0n) is 37.5. The molecule has 0 unspecified atom stereocenters. The van der Waals surface area contributed by atoms with Gasteiger partial charge in [-0.05, 0) is 129 Å². The summed E-state index contributed by atoms with van der Waals surface area (Å²) in [5, 5.41) is 4.64. The molecule has 8 heteroatoms. The second kappa shape index (κ2) is 17.1. The average Bonchev–Trinajstić information content (AvgIpc) is 3.85. The van der Waals surface area contributed by atoms with Crippen LogP contribution < -0.4 is 9.47 Å². The Kier molecular flexibility index (Phi) is 10.5. The highest BCUT2D eigenvalue weighted by Gasteiger charge is 2.19. The molecule has 0 atom stereocenters. The summed E-state index contributed by atoms with van der Waals surface area (Å²) in [6.07, 6.45) is 7.28. The van der Waals surface area contributed by atoms with Gasteiger partial charge < -0.3 is 9.47 Å². The normalized spacial score (nSPS) is 11.6. The van der Waals surface area contributed by atoms with Gasteiger partial charge in [-0.25, -0.2) is 19.9 Å². The highest BCUT2D eigenvalue weighted by atomic mass is 16.5. The number of aryl methyl sites for hydroxylation is 4. The van der Waals surface area contributed by atoms with Gasteiger partial charge in [0.1, 0.15) is 34.6 Å². The summed E-state index contributed by atoms with van der Waals surface area (Å²) in [7, 11) is 0. The molecular weight excluding hydrogens is 813 g/mol. The van der Waals surface area contributed by atoms with Crippen LogP contribution in [0.15, 0.2) is 170 Å². The van der Waals surface area contributed by atoms with Crippen molar-refractivity contribution < 1.29 is 9.47 Å². The van der Waals surface area contributed by atoms with Gasteiger partial charge in [-0.3, -0.25) is 9.13 Å². The second-order valence-electron chi connectivity index (χ2n) is 17.0. The van der Waals surface area contributed by atoms with Crippen molar-refractivity contribution in [1.29, 1.82) is 0 Å². The molecule has 0 aliphatic heterocycles. The molecule has 0 spiro atoms. The Balaban J connectivity index is 0.921. The van der Waals surface area contributed by atoms with Crippen molar-refractivity contribution in [1.82, 2.24) is 29.1 Å². The van der Waals surface area contributed by atoms with Crippen LogP contribution in [0.4, 0.5) is 0 Å². The zero-order chi connectivity index (χ0) is 44.7. The Bertz CT molecular complexity index is 3620. The Morgan fingerprint density at radius 1 is 0.439 bits per heavy atom. The molecule has 0 aliphatic carbocycles. The monoisotopic (exact) mass is 860 g/mol. The lowest BCUT2D eigenvalue weighted by atomic mass is 10.0. The fraction of sp³-hybridized carbons (Fsp3) is 0.138. The summed E-state index contributed by atoms with van der Waals surface area (Å²) in [6, 6.07) is 54.3. The smallest absolute Gasteiger partial charge is 0.137 e. The number of unbranched alkanes of at least 4 members (excludes halogenated alkanes) is 1. The van der Waals surface area contributed by atoms with E-state index >= 15 is 0 Å². The van der Waals surface area contributed by atoms with Gasteiger partial charge in [0.25, 0.3) is 0 Å². The fourth-order valence-corrected chi connectivity index (χ4v) is 9.22. The predicted molar refractivity (Wildman–Crippen MR) is 268 cm³/mol. The highest BCUT2D eigenvalue weighted by Crippen LogP contribution is 2.39. The van der Waals surface area contributed by atoms with Gasteiger partial charge in [-0.2, -0.15) is 0 Å². The average molecular weight is 861 g/mol. The standard InChI is InChI=1S/C58H48N6O2/c1-5-7-20-50-58(40-15-13-17-42(34-40)66-44-24-26-48-46-19-9-11-22-52(46)64(54(48)36-44)56-32-38(4)28-30-60-56)61-49(6-2)57(62-50)39-14-12-16-41(33-39)65-43-23-25-47-45-18-8-10-21-51(45)63(53(47)35-43)55-31-37(3)27-29-59-55/h8-19,21-36H,5-7,20H2,1-4H3. The van der Waals surface area contributed by atoms with Gasteiger partial charge in [-0.15, -0.1) is 0 Å². The molecule has 0 radical (unpaired) electrons. The van der Waals surface area contributed by atoms with Crippen LogP contribution in [-0.2, 0) is 12.8 Å². The molecular formula is C58H48N6O2. The molecule has 0 amide bonds. The van der Waals surface area contributed by atoms with E-state index in [4.69, 9.17) is 29.4 Å². The quantitative estimate of drug-likeness (QED) is 0.122.